The molecule has 8 heteroatoms. The molecule has 25 heavy (non-hydrogen) atoms. The number of benzene rings is 1. The van der Waals surface area contributed by atoms with Gasteiger partial charge in [0.25, 0.3) is 0 Å². The van der Waals surface area contributed by atoms with E-state index in [0.29, 0.717) is 23.8 Å². The van der Waals surface area contributed by atoms with Gasteiger partial charge in [0.15, 0.2) is 0 Å². The van der Waals surface area contributed by atoms with E-state index >= 15 is 0 Å². The summed E-state index contributed by atoms with van der Waals surface area (Å²) in [6, 6.07) is 7.23. The van der Waals surface area contributed by atoms with Crippen LogP contribution in [-0.2, 0) is 21.2 Å². The molecule has 1 aliphatic carbocycles. The summed E-state index contributed by atoms with van der Waals surface area (Å²) in [6.45, 7) is 1.83. The number of likely N-dealkylation sites (N-methyl/N-ethyl adjacent to an activating group) is 1. The first kappa shape index (κ1) is 20.2. The zero-order chi connectivity index (χ0) is 17.2. The second kappa shape index (κ2) is 8.49. The van der Waals surface area contributed by atoms with Crippen molar-refractivity contribution < 1.29 is 13.2 Å². The van der Waals surface area contributed by atoms with Gasteiger partial charge in [0.05, 0.1) is 4.90 Å². The van der Waals surface area contributed by atoms with Crippen molar-refractivity contribution in [2.45, 2.75) is 49.1 Å². The molecule has 1 amide bonds. The van der Waals surface area contributed by atoms with E-state index in [0.717, 1.165) is 37.9 Å². The lowest BCUT2D eigenvalue weighted by atomic mass is 10.1. The number of nitrogens with zero attached hydrogens (tertiary/aromatic N) is 1. The minimum absolute atomic E-state index is 0. The molecule has 1 saturated heterocycles. The fourth-order valence-electron chi connectivity index (χ4n) is 2.93. The van der Waals surface area contributed by atoms with Crippen LogP contribution in [0.2, 0.25) is 0 Å². The number of carbonyl (C=O) groups is 1. The zero-order valence-corrected chi connectivity index (χ0v) is 16.0. The normalized spacial score (nSPS) is 20.1. The molecule has 1 saturated carbocycles. The van der Waals surface area contributed by atoms with E-state index in [1.807, 2.05) is 11.9 Å². The second-order valence-corrected chi connectivity index (χ2v) is 8.40. The first-order valence-electron chi connectivity index (χ1n) is 8.53. The van der Waals surface area contributed by atoms with Crippen molar-refractivity contribution in [3.63, 3.8) is 0 Å². The number of halogens is 1. The van der Waals surface area contributed by atoms with Crippen LogP contribution in [0.25, 0.3) is 0 Å². The molecule has 2 fully saturated rings. The van der Waals surface area contributed by atoms with Crippen molar-refractivity contribution >= 4 is 28.3 Å². The van der Waals surface area contributed by atoms with Gasteiger partial charge in [0.2, 0.25) is 15.9 Å². The number of carbonyl (C=O) groups excluding carboxylic acids is 1. The average Bonchev–Trinajstić information content (AvgIpc) is 3.20. The molecule has 1 unspecified atom stereocenters. The van der Waals surface area contributed by atoms with E-state index in [1.54, 1.807) is 24.3 Å². The third-order valence-corrected chi connectivity index (χ3v) is 6.27. The maximum Gasteiger partial charge on any atom is 0.240 e. The highest BCUT2D eigenvalue weighted by Crippen LogP contribution is 2.22. The quantitative estimate of drug-likeness (QED) is 0.739. The minimum atomic E-state index is -3.40. The van der Waals surface area contributed by atoms with Crippen LogP contribution in [0.1, 0.15) is 31.2 Å². The van der Waals surface area contributed by atoms with E-state index in [-0.39, 0.29) is 24.4 Å². The van der Waals surface area contributed by atoms with Crippen LogP contribution in [0.5, 0.6) is 0 Å². The monoisotopic (exact) mass is 387 g/mol. The Morgan fingerprint density at radius 2 is 1.92 bits per heavy atom. The number of amides is 1. The first-order valence-corrected chi connectivity index (χ1v) is 10.0. The Labute approximate surface area is 155 Å². The second-order valence-electron chi connectivity index (χ2n) is 6.69. The molecular weight excluding hydrogens is 362 g/mol. The summed E-state index contributed by atoms with van der Waals surface area (Å²) >= 11 is 0. The number of sulfonamides is 1. The Kier molecular flexibility index (Phi) is 6.85. The predicted octanol–water partition coefficient (Wildman–Crippen LogP) is 1.30. The Bertz CT molecular complexity index is 684. The highest BCUT2D eigenvalue weighted by atomic mass is 35.5. The molecule has 0 spiro atoms. The molecule has 3 rings (SSSR count). The summed E-state index contributed by atoms with van der Waals surface area (Å²) in [6.07, 6.45) is 3.91. The molecule has 1 aromatic rings. The largest absolute Gasteiger partial charge is 0.341 e. The Morgan fingerprint density at radius 1 is 1.24 bits per heavy atom. The van der Waals surface area contributed by atoms with Gasteiger partial charge >= 0.3 is 0 Å². The third kappa shape index (κ3) is 5.41. The van der Waals surface area contributed by atoms with E-state index in [9.17, 15) is 13.2 Å². The number of aryl methyl sites for hydroxylation is 1. The van der Waals surface area contributed by atoms with Gasteiger partial charge in [-0.1, -0.05) is 12.1 Å². The molecule has 1 aromatic carbocycles. The molecule has 6 nitrogen and oxygen atoms in total. The lowest BCUT2D eigenvalue weighted by Crippen LogP contribution is -2.38. The van der Waals surface area contributed by atoms with Crippen LogP contribution < -0.4 is 10.0 Å². The average molecular weight is 388 g/mol. The molecule has 140 valence electrons. The maximum atomic E-state index is 12.3. The van der Waals surface area contributed by atoms with Crippen molar-refractivity contribution in [1.82, 2.24) is 14.9 Å². The molecule has 0 bridgehead atoms. The van der Waals surface area contributed by atoms with Gasteiger partial charge in [0, 0.05) is 32.1 Å². The lowest BCUT2D eigenvalue weighted by Gasteiger charge is -2.23. The summed E-state index contributed by atoms with van der Waals surface area (Å²) < 4.78 is 26.9. The highest BCUT2D eigenvalue weighted by molar-refractivity contribution is 7.89. The number of nitrogens with one attached hydrogen (secondary N) is 2. The van der Waals surface area contributed by atoms with Crippen molar-refractivity contribution in [2.24, 2.45) is 0 Å². The Hall–Kier alpha value is -1.15. The van der Waals surface area contributed by atoms with Gasteiger partial charge in [0.1, 0.15) is 0 Å². The standard InChI is InChI=1S/C17H25N3O3S.ClH/c1-20(15-10-11-18-12-15)17(21)9-4-13-2-7-16(8-3-13)24(22,23)19-14-5-6-14;/h2-3,7-8,14-15,18-19H,4-6,9-12H2,1H3;1H. The smallest absolute Gasteiger partial charge is 0.240 e. The van der Waals surface area contributed by atoms with Crippen LogP contribution in [-0.4, -0.2) is 51.4 Å². The molecule has 1 atom stereocenters. The number of hydrogen-bond donors (Lipinski definition) is 2. The maximum absolute atomic E-state index is 12.3. The van der Waals surface area contributed by atoms with Gasteiger partial charge in [-0.25, -0.2) is 13.1 Å². The fraction of sp³-hybridized carbons (Fsp3) is 0.588. The van der Waals surface area contributed by atoms with Gasteiger partial charge < -0.3 is 10.2 Å². The molecule has 2 aliphatic rings. The van der Waals surface area contributed by atoms with Crippen LogP contribution in [0.3, 0.4) is 0 Å². The van der Waals surface area contributed by atoms with Gasteiger partial charge in [-0.15, -0.1) is 12.4 Å². The summed E-state index contributed by atoms with van der Waals surface area (Å²) in [5.74, 6) is 0.135. The van der Waals surface area contributed by atoms with Crippen molar-refractivity contribution in [3.05, 3.63) is 29.8 Å². The van der Waals surface area contributed by atoms with Crippen LogP contribution in [0, 0.1) is 0 Å². The van der Waals surface area contributed by atoms with E-state index in [1.165, 1.54) is 0 Å². The summed E-state index contributed by atoms with van der Waals surface area (Å²) in [7, 11) is -1.54. The third-order valence-electron chi connectivity index (χ3n) is 4.74. The molecule has 0 radical (unpaired) electrons. The van der Waals surface area contributed by atoms with E-state index in [4.69, 9.17) is 0 Å². The van der Waals surface area contributed by atoms with Gasteiger partial charge in [-0.2, -0.15) is 0 Å². The molecule has 1 heterocycles. The predicted molar refractivity (Wildman–Crippen MR) is 99.4 cm³/mol. The minimum Gasteiger partial charge on any atom is -0.341 e. The summed E-state index contributed by atoms with van der Waals surface area (Å²) in [4.78, 5) is 14.4. The van der Waals surface area contributed by atoms with Crippen molar-refractivity contribution in [3.8, 4) is 0 Å². The van der Waals surface area contributed by atoms with E-state index in [2.05, 4.69) is 10.0 Å². The van der Waals surface area contributed by atoms with Crippen LogP contribution >= 0.6 is 12.4 Å². The van der Waals surface area contributed by atoms with Crippen molar-refractivity contribution in [2.75, 3.05) is 20.1 Å². The number of hydrogen-bond acceptors (Lipinski definition) is 4. The fourth-order valence-corrected chi connectivity index (χ4v) is 4.23. The molecule has 1 aliphatic heterocycles. The van der Waals surface area contributed by atoms with E-state index < -0.39 is 10.0 Å². The first-order chi connectivity index (χ1) is 11.5. The highest BCUT2D eigenvalue weighted by Gasteiger charge is 2.28. The Morgan fingerprint density at radius 3 is 2.48 bits per heavy atom. The van der Waals surface area contributed by atoms with Crippen molar-refractivity contribution in [1.29, 1.82) is 0 Å². The zero-order valence-electron chi connectivity index (χ0n) is 14.4. The number of rotatable bonds is 7. The molecular formula is C17H26ClN3O3S. The van der Waals surface area contributed by atoms with Crippen LogP contribution in [0.4, 0.5) is 0 Å². The van der Waals surface area contributed by atoms with Gasteiger partial charge in [-0.3, -0.25) is 4.79 Å². The summed E-state index contributed by atoms with van der Waals surface area (Å²) in [5.41, 5.74) is 0.978. The summed E-state index contributed by atoms with van der Waals surface area (Å²) in [5, 5.41) is 3.26. The Balaban J connectivity index is 0.00000225. The van der Waals surface area contributed by atoms with Gasteiger partial charge in [-0.05, 0) is 49.9 Å². The lowest BCUT2D eigenvalue weighted by molar-refractivity contribution is -0.131. The SMILES string of the molecule is CN(C(=O)CCc1ccc(S(=O)(=O)NC2CC2)cc1)C1CCNC1.Cl. The molecule has 0 aromatic heterocycles. The van der Waals surface area contributed by atoms with Crippen LogP contribution in [0.15, 0.2) is 29.2 Å². The molecule has 2 N–H and O–H groups in total. The topological polar surface area (TPSA) is 78.5 Å².